The fraction of sp³-hybridized carbons (Fsp3) is 0.118. The fourth-order valence-corrected chi connectivity index (χ4v) is 2.21. The molecule has 6 heteroatoms. The van der Waals surface area contributed by atoms with Gasteiger partial charge in [-0.15, -0.1) is 0 Å². The molecule has 0 unspecified atom stereocenters. The molecule has 6 nitrogen and oxygen atoms in total. The molecule has 0 aromatic heterocycles. The molecule has 0 saturated heterocycles. The van der Waals surface area contributed by atoms with Crippen molar-refractivity contribution in [2.24, 2.45) is 0 Å². The molecule has 0 radical (unpaired) electrons. The zero-order valence-corrected chi connectivity index (χ0v) is 12.6. The van der Waals surface area contributed by atoms with Crippen molar-refractivity contribution in [3.05, 3.63) is 63.7 Å². The molecule has 0 aliphatic rings. The van der Waals surface area contributed by atoms with Crippen LogP contribution in [0.4, 0.5) is 5.69 Å². The van der Waals surface area contributed by atoms with Gasteiger partial charge < -0.3 is 9.47 Å². The van der Waals surface area contributed by atoms with Crippen molar-refractivity contribution in [1.29, 1.82) is 5.26 Å². The third-order valence-electron chi connectivity index (χ3n) is 3.24. The Bertz CT molecular complexity index is 806. The number of allylic oxidation sites excluding steroid dienone is 1. The highest BCUT2D eigenvalue weighted by Gasteiger charge is 2.17. The second-order valence-electron chi connectivity index (χ2n) is 4.53. The van der Waals surface area contributed by atoms with Gasteiger partial charge in [-0.25, -0.2) is 0 Å². The molecule has 0 heterocycles. The zero-order chi connectivity index (χ0) is 16.8. The average Bonchev–Trinajstić information content (AvgIpc) is 2.59. The van der Waals surface area contributed by atoms with Crippen LogP contribution < -0.4 is 9.47 Å². The van der Waals surface area contributed by atoms with Crippen LogP contribution in [-0.2, 0) is 0 Å². The number of para-hydroxylation sites is 2. The first-order valence-corrected chi connectivity index (χ1v) is 6.69. The minimum atomic E-state index is -0.511. The first kappa shape index (κ1) is 16.0. The predicted molar refractivity (Wildman–Crippen MR) is 86.1 cm³/mol. The largest absolute Gasteiger partial charge is 0.493 e. The third-order valence-corrected chi connectivity index (χ3v) is 3.24. The molecule has 2 aromatic carbocycles. The number of nitrogens with zero attached hydrogens (tertiary/aromatic N) is 2. The van der Waals surface area contributed by atoms with E-state index >= 15 is 0 Å². The number of nitro benzene ring substituents is 1. The van der Waals surface area contributed by atoms with Gasteiger partial charge in [0.15, 0.2) is 11.5 Å². The molecule has 0 fully saturated rings. The normalized spacial score (nSPS) is 10.7. The van der Waals surface area contributed by atoms with Crippen LogP contribution in [0.1, 0.15) is 11.1 Å². The molecule has 0 spiro atoms. The highest BCUT2D eigenvalue weighted by Crippen LogP contribution is 2.34. The van der Waals surface area contributed by atoms with E-state index in [1.807, 2.05) is 6.07 Å². The van der Waals surface area contributed by atoms with Crippen molar-refractivity contribution >= 4 is 17.3 Å². The van der Waals surface area contributed by atoms with Gasteiger partial charge in [-0.05, 0) is 18.2 Å². The summed E-state index contributed by atoms with van der Waals surface area (Å²) in [6.07, 6.45) is 1.55. The Hall–Kier alpha value is -3.33. The van der Waals surface area contributed by atoms with E-state index in [2.05, 4.69) is 0 Å². The highest BCUT2D eigenvalue weighted by molar-refractivity contribution is 5.93. The van der Waals surface area contributed by atoms with Crippen LogP contribution in [0, 0.1) is 21.4 Å². The van der Waals surface area contributed by atoms with E-state index in [9.17, 15) is 15.4 Å². The summed E-state index contributed by atoms with van der Waals surface area (Å²) in [6.45, 7) is 0. The van der Waals surface area contributed by atoms with Gasteiger partial charge in [0, 0.05) is 11.6 Å². The molecule has 0 aliphatic heterocycles. The molecule has 0 N–H and O–H groups in total. The third kappa shape index (κ3) is 3.30. The number of ether oxygens (including phenoxy) is 2. The number of nitro groups is 1. The smallest absolute Gasteiger partial charge is 0.277 e. The predicted octanol–water partition coefficient (Wildman–Crippen LogP) is 3.68. The van der Waals surface area contributed by atoms with Gasteiger partial charge >= 0.3 is 0 Å². The maximum Gasteiger partial charge on any atom is 0.277 e. The molecular formula is C17H14N2O4. The van der Waals surface area contributed by atoms with Crippen LogP contribution in [0.15, 0.2) is 42.5 Å². The summed E-state index contributed by atoms with van der Waals surface area (Å²) in [5.74, 6) is 0.974. The summed E-state index contributed by atoms with van der Waals surface area (Å²) in [7, 11) is 3.00. The molecule has 0 aliphatic carbocycles. The maximum atomic E-state index is 11.1. The Morgan fingerprint density at radius 3 is 2.52 bits per heavy atom. The van der Waals surface area contributed by atoms with E-state index in [-0.39, 0.29) is 16.8 Å². The van der Waals surface area contributed by atoms with Gasteiger partial charge in [-0.2, -0.15) is 5.26 Å². The van der Waals surface area contributed by atoms with Gasteiger partial charge in [0.25, 0.3) is 5.69 Å². The summed E-state index contributed by atoms with van der Waals surface area (Å²) in [4.78, 5) is 10.6. The molecular weight excluding hydrogens is 296 g/mol. The second kappa shape index (κ2) is 7.09. The molecule has 0 bridgehead atoms. The molecule has 0 saturated carbocycles. The average molecular weight is 310 g/mol. The Morgan fingerprint density at radius 1 is 1.17 bits per heavy atom. The number of hydrogen-bond acceptors (Lipinski definition) is 5. The molecule has 0 atom stereocenters. The second-order valence-corrected chi connectivity index (χ2v) is 4.53. The summed E-state index contributed by atoms with van der Waals surface area (Å²) < 4.78 is 10.5. The van der Waals surface area contributed by atoms with Crippen LogP contribution in [-0.4, -0.2) is 19.1 Å². The van der Waals surface area contributed by atoms with Gasteiger partial charge in [0.1, 0.15) is 6.07 Å². The van der Waals surface area contributed by atoms with E-state index in [0.717, 1.165) is 0 Å². The van der Waals surface area contributed by atoms with E-state index < -0.39 is 4.92 Å². The van der Waals surface area contributed by atoms with Crippen molar-refractivity contribution in [1.82, 2.24) is 0 Å². The van der Waals surface area contributed by atoms with Crippen molar-refractivity contribution < 1.29 is 14.4 Å². The number of rotatable bonds is 5. The lowest BCUT2D eigenvalue weighted by Gasteiger charge is -2.10. The Balaban J connectivity index is 2.62. The van der Waals surface area contributed by atoms with Crippen LogP contribution in [0.5, 0.6) is 11.5 Å². The van der Waals surface area contributed by atoms with Crippen LogP contribution in [0.3, 0.4) is 0 Å². The van der Waals surface area contributed by atoms with Crippen molar-refractivity contribution in [2.45, 2.75) is 0 Å². The zero-order valence-electron chi connectivity index (χ0n) is 12.6. The fourth-order valence-electron chi connectivity index (χ4n) is 2.21. The van der Waals surface area contributed by atoms with E-state index in [1.54, 1.807) is 42.5 Å². The molecule has 2 aromatic rings. The van der Waals surface area contributed by atoms with Crippen LogP contribution in [0.2, 0.25) is 0 Å². The monoisotopic (exact) mass is 310 g/mol. The minimum absolute atomic E-state index is 0.123. The SMILES string of the molecule is COc1cccc(/C=C(\C#N)c2ccccc2[N+](=O)[O-])c1OC. The minimum Gasteiger partial charge on any atom is -0.493 e. The summed E-state index contributed by atoms with van der Waals surface area (Å²) in [5.41, 5.74) is 0.900. The lowest BCUT2D eigenvalue weighted by Crippen LogP contribution is -1.95. The van der Waals surface area contributed by atoms with Crippen molar-refractivity contribution in [3.8, 4) is 17.6 Å². The van der Waals surface area contributed by atoms with E-state index in [1.165, 1.54) is 20.3 Å². The van der Waals surface area contributed by atoms with Crippen molar-refractivity contribution in [3.63, 3.8) is 0 Å². The molecule has 0 amide bonds. The number of methoxy groups -OCH3 is 2. The standard InChI is InChI=1S/C17H14N2O4/c1-22-16-9-5-6-12(17(16)23-2)10-13(11-18)14-7-3-4-8-15(14)19(20)21/h3-10H,1-2H3/b13-10+. The van der Waals surface area contributed by atoms with Gasteiger partial charge in [0.05, 0.1) is 30.3 Å². The van der Waals surface area contributed by atoms with E-state index in [0.29, 0.717) is 17.1 Å². The Labute approximate surface area is 133 Å². The van der Waals surface area contributed by atoms with Gasteiger partial charge in [-0.3, -0.25) is 10.1 Å². The van der Waals surface area contributed by atoms with E-state index in [4.69, 9.17) is 9.47 Å². The lowest BCUT2D eigenvalue weighted by atomic mass is 10.0. The van der Waals surface area contributed by atoms with Crippen molar-refractivity contribution in [2.75, 3.05) is 14.2 Å². The number of benzene rings is 2. The number of nitriles is 1. The summed E-state index contributed by atoms with van der Waals surface area (Å²) >= 11 is 0. The van der Waals surface area contributed by atoms with Gasteiger partial charge in [0.2, 0.25) is 0 Å². The van der Waals surface area contributed by atoms with Crippen LogP contribution >= 0.6 is 0 Å². The Kier molecular flexibility index (Phi) is 4.95. The molecule has 2 rings (SSSR count). The lowest BCUT2D eigenvalue weighted by molar-refractivity contribution is -0.385. The van der Waals surface area contributed by atoms with Gasteiger partial charge in [-0.1, -0.05) is 24.3 Å². The summed E-state index contributed by atoms with van der Waals surface area (Å²) in [5, 5.41) is 20.6. The quantitative estimate of drug-likeness (QED) is 0.364. The first-order valence-electron chi connectivity index (χ1n) is 6.69. The molecule has 23 heavy (non-hydrogen) atoms. The summed E-state index contributed by atoms with van der Waals surface area (Å²) in [6, 6.07) is 13.3. The topological polar surface area (TPSA) is 85.4 Å². The first-order chi connectivity index (χ1) is 11.1. The maximum absolute atomic E-state index is 11.1. The Morgan fingerprint density at radius 2 is 1.91 bits per heavy atom. The van der Waals surface area contributed by atoms with Crippen LogP contribution in [0.25, 0.3) is 11.6 Å². The number of hydrogen-bond donors (Lipinski definition) is 0. The highest BCUT2D eigenvalue weighted by atomic mass is 16.6. The molecule has 116 valence electrons.